The molecule has 0 bridgehead atoms. The number of anilines is 1. The molecule has 1 aliphatic carbocycles. The van der Waals surface area contributed by atoms with Crippen LogP contribution in [0.15, 0.2) is 36.7 Å². The van der Waals surface area contributed by atoms with E-state index >= 15 is 0 Å². The van der Waals surface area contributed by atoms with Crippen LogP contribution in [0.5, 0.6) is 5.88 Å². The molecule has 1 saturated heterocycles. The molecule has 7 heteroatoms. The van der Waals surface area contributed by atoms with Crippen molar-refractivity contribution in [1.82, 2.24) is 24.8 Å². The lowest BCUT2D eigenvalue weighted by atomic mass is 10.0. The number of benzene rings is 1. The highest BCUT2D eigenvalue weighted by atomic mass is 16.5. The number of allylic oxidation sites excluding steroid dienone is 1. The maximum Gasteiger partial charge on any atom is 0.233 e. The highest BCUT2D eigenvalue weighted by Crippen LogP contribution is 2.32. The molecule has 5 rings (SSSR count). The third-order valence-electron chi connectivity index (χ3n) is 5.46. The molecule has 0 spiro atoms. The zero-order valence-electron chi connectivity index (χ0n) is 15.8. The predicted octanol–water partition coefficient (Wildman–Crippen LogP) is 2.46. The van der Waals surface area contributed by atoms with E-state index in [2.05, 4.69) is 45.1 Å². The van der Waals surface area contributed by atoms with E-state index in [1.807, 2.05) is 6.07 Å². The van der Waals surface area contributed by atoms with Crippen molar-refractivity contribution in [2.75, 3.05) is 25.9 Å². The van der Waals surface area contributed by atoms with Crippen LogP contribution in [-0.2, 0) is 6.42 Å². The number of hydrogen-bond acceptors (Lipinski definition) is 7. The average molecular weight is 374 g/mol. The van der Waals surface area contributed by atoms with Gasteiger partial charge in [0, 0.05) is 31.3 Å². The molecule has 2 N–H and O–H groups in total. The van der Waals surface area contributed by atoms with Gasteiger partial charge in [0.15, 0.2) is 0 Å². The molecule has 1 aliphatic heterocycles. The average Bonchev–Trinajstić information content (AvgIpc) is 3.12. The van der Waals surface area contributed by atoms with Gasteiger partial charge in [-0.25, -0.2) is 19.9 Å². The van der Waals surface area contributed by atoms with Crippen LogP contribution in [0.3, 0.4) is 0 Å². The van der Waals surface area contributed by atoms with E-state index in [4.69, 9.17) is 15.5 Å². The van der Waals surface area contributed by atoms with Gasteiger partial charge in [0.05, 0.1) is 22.9 Å². The Labute approximate surface area is 163 Å². The molecule has 1 fully saturated rings. The Morgan fingerprint density at radius 3 is 2.79 bits per heavy atom. The molecule has 28 heavy (non-hydrogen) atoms. The number of nitrogen functional groups attached to an aromatic ring is 1. The molecular weight excluding hydrogens is 352 g/mol. The third kappa shape index (κ3) is 3.18. The Balaban J connectivity index is 1.43. The van der Waals surface area contributed by atoms with Crippen LogP contribution in [0.25, 0.3) is 16.6 Å². The zero-order valence-corrected chi connectivity index (χ0v) is 15.8. The van der Waals surface area contributed by atoms with Crippen molar-refractivity contribution in [3.05, 3.63) is 53.5 Å². The van der Waals surface area contributed by atoms with Crippen molar-refractivity contribution >= 4 is 22.6 Å². The molecule has 1 aromatic carbocycles. The summed E-state index contributed by atoms with van der Waals surface area (Å²) < 4.78 is 6.10. The van der Waals surface area contributed by atoms with E-state index in [1.165, 1.54) is 0 Å². The lowest BCUT2D eigenvalue weighted by molar-refractivity contribution is 0.110. The fourth-order valence-corrected chi connectivity index (χ4v) is 3.89. The standard InChI is InChI=1S/C21H22N6O/c1-27-8-6-14(7-9-27)28-20-12-23-18-4-2-13(10-19(18)25-20)15-3-5-17-16(15)11-24-21(22)26-17/h2-4,10-12,14H,5-9H2,1H3,(H2,22,24,26). The van der Waals surface area contributed by atoms with Gasteiger partial charge in [0.25, 0.3) is 0 Å². The minimum absolute atomic E-state index is 0.207. The normalized spacial score (nSPS) is 17.5. The fraction of sp³-hybridized carbons (Fsp3) is 0.333. The minimum Gasteiger partial charge on any atom is -0.473 e. The number of fused-ring (bicyclic) bond motifs is 2. The van der Waals surface area contributed by atoms with E-state index in [9.17, 15) is 0 Å². The number of nitrogens with two attached hydrogens (primary N) is 1. The van der Waals surface area contributed by atoms with Crippen molar-refractivity contribution in [2.24, 2.45) is 0 Å². The summed E-state index contributed by atoms with van der Waals surface area (Å²) in [4.78, 5) is 20.0. The summed E-state index contributed by atoms with van der Waals surface area (Å²) in [6.07, 6.45) is 8.68. The van der Waals surface area contributed by atoms with Crippen LogP contribution in [0, 0.1) is 0 Å². The number of ether oxygens (including phenoxy) is 1. The second-order valence-electron chi connectivity index (χ2n) is 7.44. The Kier molecular flexibility index (Phi) is 4.16. The van der Waals surface area contributed by atoms with E-state index in [0.29, 0.717) is 11.8 Å². The Hall–Kier alpha value is -3.06. The van der Waals surface area contributed by atoms with Gasteiger partial charge in [-0.1, -0.05) is 12.1 Å². The van der Waals surface area contributed by atoms with Crippen LogP contribution in [0.1, 0.15) is 29.7 Å². The van der Waals surface area contributed by atoms with Gasteiger partial charge in [-0.2, -0.15) is 0 Å². The second-order valence-corrected chi connectivity index (χ2v) is 7.44. The van der Waals surface area contributed by atoms with E-state index in [0.717, 1.165) is 65.8 Å². The lowest BCUT2D eigenvalue weighted by Crippen LogP contribution is -2.35. The molecule has 0 atom stereocenters. The first-order chi connectivity index (χ1) is 13.7. The quantitative estimate of drug-likeness (QED) is 0.753. The first kappa shape index (κ1) is 17.1. The van der Waals surface area contributed by atoms with Gasteiger partial charge in [-0.05, 0) is 43.2 Å². The Morgan fingerprint density at radius 2 is 1.93 bits per heavy atom. The molecule has 2 aliphatic rings. The first-order valence-electron chi connectivity index (χ1n) is 9.60. The van der Waals surface area contributed by atoms with Crippen LogP contribution in [-0.4, -0.2) is 51.1 Å². The maximum absolute atomic E-state index is 6.10. The molecule has 3 heterocycles. The van der Waals surface area contributed by atoms with Crippen molar-refractivity contribution < 1.29 is 4.74 Å². The number of hydrogen-bond donors (Lipinski definition) is 1. The highest BCUT2D eigenvalue weighted by Gasteiger charge is 2.20. The summed E-state index contributed by atoms with van der Waals surface area (Å²) in [5, 5.41) is 0. The van der Waals surface area contributed by atoms with Gasteiger partial charge in [-0.3, -0.25) is 0 Å². The molecule has 0 saturated carbocycles. The Morgan fingerprint density at radius 1 is 1.07 bits per heavy atom. The largest absolute Gasteiger partial charge is 0.473 e. The lowest BCUT2D eigenvalue weighted by Gasteiger charge is -2.28. The fourth-order valence-electron chi connectivity index (χ4n) is 3.89. The van der Waals surface area contributed by atoms with Crippen LogP contribution in [0.4, 0.5) is 5.95 Å². The molecule has 0 amide bonds. The third-order valence-corrected chi connectivity index (χ3v) is 5.46. The van der Waals surface area contributed by atoms with Crippen molar-refractivity contribution in [3.8, 4) is 5.88 Å². The van der Waals surface area contributed by atoms with E-state index in [-0.39, 0.29) is 6.10 Å². The minimum atomic E-state index is 0.207. The number of piperidine rings is 1. The van der Waals surface area contributed by atoms with Gasteiger partial charge in [0.1, 0.15) is 6.10 Å². The molecule has 0 unspecified atom stereocenters. The van der Waals surface area contributed by atoms with Gasteiger partial charge in [0.2, 0.25) is 11.8 Å². The zero-order chi connectivity index (χ0) is 19.1. The predicted molar refractivity (Wildman–Crippen MR) is 108 cm³/mol. The molecule has 142 valence electrons. The summed E-state index contributed by atoms with van der Waals surface area (Å²) in [6.45, 7) is 2.10. The van der Waals surface area contributed by atoms with Crippen LogP contribution < -0.4 is 10.5 Å². The van der Waals surface area contributed by atoms with Crippen LogP contribution in [0.2, 0.25) is 0 Å². The summed E-state index contributed by atoms with van der Waals surface area (Å²) in [5.41, 5.74) is 11.6. The number of likely N-dealkylation sites (tertiary alicyclic amines) is 1. The molecule has 2 aromatic heterocycles. The highest BCUT2D eigenvalue weighted by molar-refractivity contribution is 5.88. The number of aromatic nitrogens is 4. The van der Waals surface area contributed by atoms with E-state index < -0.39 is 0 Å². The molecule has 7 nitrogen and oxygen atoms in total. The maximum atomic E-state index is 6.10. The van der Waals surface area contributed by atoms with Crippen LogP contribution >= 0.6 is 0 Å². The van der Waals surface area contributed by atoms with Gasteiger partial charge >= 0.3 is 0 Å². The summed E-state index contributed by atoms with van der Waals surface area (Å²) in [7, 11) is 2.14. The summed E-state index contributed by atoms with van der Waals surface area (Å²) >= 11 is 0. The summed E-state index contributed by atoms with van der Waals surface area (Å²) in [6, 6.07) is 6.11. The Bertz CT molecular complexity index is 1070. The van der Waals surface area contributed by atoms with Gasteiger partial charge in [-0.15, -0.1) is 0 Å². The van der Waals surface area contributed by atoms with Crippen molar-refractivity contribution in [2.45, 2.75) is 25.4 Å². The summed E-state index contributed by atoms with van der Waals surface area (Å²) in [5.74, 6) is 0.907. The topological polar surface area (TPSA) is 90.0 Å². The van der Waals surface area contributed by atoms with Gasteiger partial charge < -0.3 is 15.4 Å². The second kappa shape index (κ2) is 6.83. The molecule has 0 radical (unpaired) electrons. The van der Waals surface area contributed by atoms with Crippen molar-refractivity contribution in [1.29, 1.82) is 0 Å². The van der Waals surface area contributed by atoms with E-state index in [1.54, 1.807) is 12.4 Å². The number of nitrogens with zero attached hydrogens (tertiary/aromatic N) is 5. The number of rotatable bonds is 3. The monoisotopic (exact) mass is 374 g/mol. The molecular formula is C21H22N6O. The first-order valence-corrected chi connectivity index (χ1v) is 9.60. The van der Waals surface area contributed by atoms with Crippen molar-refractivity contribution in [3.63, 3.8) is 0 Å². The smallest absolute Gasteiger partial charge is 0.233 e. The SMILES string of the molecule is CN1CCC(Oc2cnc3ccc(C4=CCc5nc(N)ncc54)cc3n2)CC1. The molecule has 3 aromatic rings.